The van der Waals surface area contributed by atoms with Gasteiger partial charge in [-0.3, -0.25) is 0 Å². The molecule has 120 valence electrons. The maximum absolute atomic E-state index is 12.4. The summed E-state index contributed by atoms with van der Waals surface area (Å²) in [5.41, 5.74) is 1.46. The molecule has 1 atom stereocenters. The van der Waals surface area contributed by atoms with E-state index in [0.29, 0.717) is 18.0 Å². The molecule has 0 amide bonds. The van der Waals surface area contributed by atoms with E-state index in [1.165, 1.54) is 17.6 Å². The van der Waals surface area contributed by atoms with Crippen molar-refractivity contribution in [3.05, 3.63) is 36.4 Å². The van der Waals surface area contributed by atoms with Crippen LogP contribution in [0.4, 0.5) is 0 Å². The van der Waals surface area contributed by atoms with E-state index < -0.39 is 16.1 Å². The van der Waals surface area contributed by atoms with Gasteiger partial charge in [0.15, 0.2) is 5.89 Å². The predicted molar refractivity (Wildman–Crippen MR) is 82.8 cm³/mol. The zero-order chi connectivity index (χ0) is 16.3. The van der Waals surface area contributed by atoms with Crippen molar-refractivity contribution in [3.63, 3.8) is 0 Å². The molecule has 0 radical (unpaired) electrons. The van der Waals surface area contributed by atoms with Crippen molar-refractivity contribution in [2.24, 2.45) is 0 Å². The third-order valence-electron chi connectivity index (χ3n) is 3.34. The number of nitrogens with zero attached hydrogens (tertiary/aromatic N) is 2. The lowest BCUT2D eigenvalue weighted by atomic mass is 10.2. The Morgan fingerprint density at radius 1 is 1.32 bits per heavy atom. The maximum atomic E-state index is 12.4. The molecule has 1 heterocycles. The van der Waals surface area contributed by atoms with Gasteiger partial charge >= 0.3 is 0 Å². The summed E-state index contributed by atoms with van der Waals surface area (Å²) < 4.78 is 31.2. The van der Waals surface area contributed by atoms with Crippen molar-refractivity contribution in [3.8, 4) is 11.3 Å². The number of aliphatic hydroxyl groups excluding tert-OH is 1. The number of aromatic nitrogens is 1. The van der Waals surface area contributed by atoms with E-state index in [1.54, 1.807) is 38.1 Å². The minimum Gasteiger partial charge on any atom is -0.449 e. The van der Waals surface area contributed by atoms with Crippen molar-refractivity contribution in [2.75, 3.05) is 13.6 Å². The molecule has 0 aliphatic carbocycles. The zero-order valence-corrected chi connectivity index (χ0v) is 13.7. The highest BCUT2D eigenvalue weighted by molar-refractivity contribution is 7.89. The summed E-state index contributed by atoms with van der Waals surface area (Å²) in [6, 6.07) is 6.50. The maximum Gasteiger partial charge on any atom is 0.242 e. The van der Waals surface area contributed by atoms with Crippen LogP contribution in [-0.4, -0.2) is 42.5 Å². The SMILES string of the molecule is Cc1nc(-c2ccc(S(=O)(=O)N(C)CCC(C)O)cc2)co1. The number of hydrogen-bond acceptors (Lipinski definition) is 5. The van der Waals surface area contributed by atoms with Gasteiger partial charge in [-0.15, -0.1) is 0 Å². The summed E-state index contributed by atoms with van der Waals surface area (Å²) in [4.78, 5) is 4.41. The smallest absolute Gasteiger partial charge is 0.242 e. The quantitative estimate of drug-likeness (QED) is 0.879. The van der Waals surface area contributed by atoms with Gasteiger partial charge in [0.1, 0.15) is 12.0 Å². The summed E-state index contributed by atoms with van der Waals surface area (Å²) in [5, 5.41) is 9.26. The molecule has 6 nitrogen and oxygen atoms in total. The molecule has 1 unspecified atom stereocenters. The van der Waals surface area contributed by atoms with Gasteiger partial charge < -0.3 is 9.52 Å². The average Bonchev–Trinajstić information content (AvgIpc) is 2.91. The van der Waals surface area contributed by atoms with E-state index in [1.807, 2.05) is 0 Å². The molecular weight excluding hydrogens is 304 g/mol. The molecule has 0 fully saturated rings. The summed E-state index contributed by atoms with van der Waals surface area (Å²) in [6.45, 7) is 3.65. The highest BCUT2D eigenvalue weighted by Crippen LogP contribution is 2.22. The Kier molecular flexibility index (Phi) is 5.00. The van der Waals surface area contributed by atoms with Crippen LogP contribution >= 0.6 is 0 Å². The van der Waals surface area contributed by atoms with Gasteiger partial charge in [0.05, 0.1) is 11.0 Å². The van der Waals surface area contributed by atoms with Crippen LogP contribution < -0.4 is 0 Å². The highest BCUT2D eigenvalue weighted by Gasteiger charge is 2.21. The monoisotopic (exact) mass is 324 g/mol. The number of benzene rings is 1. The lowest BCUT2D eigenvalue weighted by Gasteiger charge is -2.18. The molecule has 2 rings (SSSR count). The number of aryl methyl sites for hydroxylation is 1. The molecule has 1 aromatic heterocycles. The lowest BCUT2D eigenvalue weighted by Crippen LogP contribution is -2.29. The Balaban J connectivity index is 2.18. The summed E-state index contributed by atoms with van der Waals surface area (Å²) in [5.74, 6) is 0.560. The Bertz CT molecular complexity index is 720. The van der Waals surface area contributed by atoms with Gasteiger partial charge in [0.25, 0.3) is 0 Å². The number of aliphatic hydroxyl groups is 1. The number of sulfonamides is 1. The van der Waals surface area contributed by atoms with E-state index in [9.17, 15) is 13.5 Å². The van der Waals surface area contributed by atoms with E-state index >= 15 is 0 Å². The first-order valence-corrected chi connectivity index (χ1v) is 8.41. The van der Waals surface area contributed by atoms with Gasteiger partial charge in [-0.05, 0) is 25.5 Å². The van der Waals surface area contributed by atoms with Crippen LogP contribution in [0.3, 0.4) is 0 Å². The van der Waals surface area contributed by atoms with E-state index in [-0.39, 0.29) is 11.4 Å². The normalized spacial score (nSPS) is 13.5. The third kappa shape index (κ3) is 3.73. The third-order valence-corrected chi connectivity index (χ3v) is 5.21. The first-order valence-electron chi connectivity index (χ1n) is 6.97. The second-order valence-electron chi connectivity index (χ2n) is 5.24. The summed E-state index contributed by atoms with van der Waals surface area (Å²) >= 11 is 0. The Labute approximate surface area is 130 Å². The van der Waals surface area contributed by atoms with Gasteiger partial charge in [0, 0.05) is 26.1 Å². The van der Waals surface area contributed by atoms with Crippen LogP contribution in [0.5, 0.6) is 0 Å². The van der Waals surface area contributed by atoms with Crippen LogP contribution in [0.2, 0.25) is 0 Å². The second kappa shape index (κ2) is 6.60. The topological polar surface area (TPSA) is 83.6 Å². The van der Waals surface area contributed by atoms with Crippen LogP contribution in [-0.2, 0) is 10.0 Å². The minimum absolute atomic E-state index is 0.213. The minimum atomic E-state index is -3.55. The van der Waals surface area contributed by atoms with E-state index in [2.05, 4.69) is 4.98 Å². The van der Waals surface area contributed by atoms with E-state index in [0.717, 1.165) is 5.56 Å². The fraction of sp³-hybridized carbons (Fsp3) is 0.400. The Morgan fingerprint density at radius 3 is 2.45 bits per heavy atom. The summed E-state index contributed by atoms with van der Waals surface area (Å²) in [7, 11) is -2.04. The Morgan fingerprint density at radius 2 is 1.95 bits per heavy atom. The van der Waals surface area contributed by atoms with Crippen molar-refractivity contribution < 1.29 is 17.9 Å². The standard InChI is InChI=1S/C15H20N2O4S/c1-11(18)8-9-17(3)22(19,20)14-6-4-13(5-7-14)15-10-21-12(2)16-15/h4-7,10-11,18H,8-9H2,1-3H3. The molecule has 1 aromatic carbocycles. The lowest BCUT2D eigenvalue weighted by molar-refractivity contribution is 0.177. The molecule has 0 saturated heterocycles. The van der Waals surface area contributed by atoms with Crippen molar-refractivity contribution in [2.45, 2.75) is 31.3 Å². The molecule has 22 heavy (non-hydrogen) atoms. The van der Waals surface area contributed by atoms with Crippen molar-refractivity contribution in [1.29, 1.82) is 0 Å². The molecule has 0 aliphatic heterocycles. The average molecular weight is 324 g/mol. The molecular formula is C15H20N2O4S. The number of hydrogen-bond donors (Lipinski definition) is 1. The molecule has 0 aliphatic rings. The van der Waals surface area contributed by atoms with Crippen molar-refractivity contribution in [1.82, 2.24) is 9.29 Å². The van der Waals surface area contributed by atoms with Gasteiger partial charge in [-0.2, -0.15) is 0 Å². The molecule has 1 N–H and O–H groups in total. The van der Waals surface area contributed by atoms with Gasteiger partial charge in [0.2, 0.25) is 10.0 Å². The summed E-state index contributed by atoms with van der Waals surface area (Å²) in [6.07, 6.45) is 1.40. The first-order chi connectivity index (χ1) is 10.3. The van der Waals surface area contributed by atoms with E-state index in [4.69, 9.17) is 4.42 Å². The Hall–Kier alpha value is -1.70. The van der Waals surface area contributed by atoms with Crippen LogP contribution in [0, 0.1) is 6.92 Å². The molecule has 7 heteroatoms. The number of rotatable bonds is 6. The molecule has 0 spiro atoms. The van der Waals surface area contributed by atoms with Crippen molar-refractivity contribution >= 4 is 10.0 Å². The zero-order valence-electron chi connectivity index (χ0n) is 12.9. The fourth-order valence-electron chi connectivity index (χ4n) is 1.96. The second-order valence-corrected chi connectivity index (χ2v) is 7.29. The molecule has 2 aromatic rings. The predicted octanol–water partition coefficient (Wildman–Crippen LogP) is 2.04. The largest absolute Gasteiger partial charge is 0.449 e. The highest BCUT2D eigenvalue weighted by atomic mass is 32.2. The first kappa shape index (κ1) is 16.7. The molecule has 0 bridgehead atoms. The molecule has 0 saturated carbocycles. The number of oxazole rings is 1. The van der Waals surface area contributed by atoms with Crippen LogP contribution in [0.15, 0.2) is 39.8 Å². The van der Waals surface area contributed by atoms with Crippen LogP contribution in [0.25, 0.3) is 11.3 Å². The van der Waals surface area contributed by atoms with Gasteiger partial charge in [-0.25, -0.2) is 17.7 Å². The fourth-order valence-corrected chi connectivity index (χ4v) is 3.15. The van der Waals surface area contributed by atoms with Crippen LogP contribution in [0.1, 0.15) is 19.2 Å². The van der Waals surface area contributed by atoms with Gasteiger partial charge in [-0.1, -0.05) is 12.1 Å².